The first-order valence-electron chi connectivity index (χ1n) is 5.94. The van der Waals surface area contributed by atoms with Gasteiger partial charge in [-0.05, 0) is 33.6 Å². The Bertz CT molecular complexity index is 505. The molecule has 0 amide bonds. The van der Waals surface area contributed by atoms with Gasteiger partial charge in [-0.1, -0.05) is 0 Å². The van der Waals surface area contributed by atoms with Crippen LogP contribution in [0, 0.1) is 6.92 Å². The molecule has 17 heavy (non-hydrogen) atoms. The molecule has 1 aliphatic rings. The van der Waals surface area contributed by atoms with Crippen LogP contribution in [-0.2, 0) is 23.0 Å². The zero-order valence-corrected chi connectivity index (χ0v) is 11.3. The van der Waals surface area contributed by atoms with Gasteiger partial charge in [-0.25, -0.2) is 8.42 Å². The summed E-state index contributed by atoms with van der Waals surface area (Å²) >= 11 is 0. The maximum atomic E-state index is 12.2. The monoisotopic (exact) mass is 257 g/mol. The largest absolute Gasteiger partial charge is 0.282 e. The van der Waals surface area contributed by atoms with Gasteiger partial charge in [0.2, 0.25) is 10.0 Å². The Morgan fingerprint density at radius 3 is 2.76 bits per heavy atom. The summed E-state index contributed by atoms with van der Waals surface area (Å²) in [5, 5.41) is 6.79. The number of hydrogen-bond acceptors (Lipinski definition) is 3. The number of rotatable bonds is 2. The number of aromatic amines is 1. The van der Waals surface area contributed by atoms with E-state index in [1.54, 1.807) is 18.2 Å². The first-order chi connectivity index (χ1) is 7.93. The molecule has 96 valence electrons. The summed E-state index contributed by atoms with van der Waals surface area (Å²) in [5.41, 5.74) is 3.04. The van der Waals surface area contributed by atoms with Crippen molar-refractivity contribution in [3.63, 3.8) is 0 Å². The Morgan fingerprint density at radius 2 is 2.12 bits per heavy atom. The van der Waals surface area contributed by atoms with Crippen LogP contribution < -0.4 is 0 Å². The van der Waals surface area contributed by atoms with Crippen molar-refractivity contribution < 1.29 is 8.42 Å². The van der Waals surface area contributed by atoms with E-state index in [-0.39, 0.29) is 5.25 Å². The van der Waals surface area contributed by atoms with Crippen LogP contribution in [0.1, 0.15) is 37.2 Å². The molecule has 0 fully saturated rings. The fourth-order valence-electron chi connectivity index (χ4n) is 2.12. The van der Waals surface area contributed by atoms with Crippen molar-refractivity contribution in [2.24, 2.45) is 0 Å². The highest BCUT2D eigenvalue weighted by Gasteiger charge is 2.29. The van der Waals surface area contributed by atoms with Gasteiger partial charge in [0.05, 0.1) is 10.9 Å². The minimum Gasteiger partial charge on any atom is -0.282 e. The van der Waals surface area contributed by atoms with E-state index in [1.807, 2.05) is 6.92 Å². The molecule has 1 N–H and O–H groups in total. The lowest BCUT2D eigenvalue weighted by atomic mass is 10.1. The van der Waals surface area contributed by atoms with Gasteiger partial charge < -0.3 is 0 Å². The smallest absolute Gasteiger partial charge is 0.216 e. The quantitative estimate of drug-likeness (QED) is 0.866. The molecule has 0 unspecified atom stereocenters. The minimum atomic E-state index is -3.17. The molecule has 0 saturated heterocycles. The second-order valence-electron chi connectivity index (χ2n) is 4.80. The van der Waals surface area contributed by atoms with E-state index >= 15 is 0 Å². The SMILES string of the molecule is Cc1n[nH]c2c1CN(S(=O)(=O)C(C)C)CCC2. The molecule has 0 radical (unpaired) electrons. The van der Waals surface area contributed by atoms with E-state index in [2.05, 4.69) is 10.2 Å². The fraction of sp³-hybridized carbons (Fsp3) is 0.727. The lowest BCUT2D eigenvalue weighted by Crippen LogP contribution is -2.36. The van der Waals surface area contributed by atoms with Crippen LogP contribution in [0.15, 0.2) is 0 Å². The zero-order valence-electron chi connectivity index (χ0n) is 10.5. The number of nitrogens with zero attached hydrogens (tertiary/aromatic N) is 2. The van der Waals surface area contributed by atoms with Gasteiger partial charge in [0.15, 0.2) is 0 Å². The second kappa shape index (κ2) is 4.42. The predicted molar refractivity (Wildman–Crippen MR) is 66.1 cm³/mol. The van der Waals surface area contributed by atoms with E-state index in [1.165, 1.54) is 0 Å². The van der Waals surface area contributed by atoms with Crippen LogP contribution in [0.2, 0.25) is 0 Å². The Balaban J connectivity index is 2.33. The van der Waals surface area contributed by atoms with E-state index in [4.69, 9.17) is 0 Å². The molecule has 2 rings (SSSR count). The van der Waals surface area contributed by atoms with Gasteiger partial charge in [0.1, 0.15) is 0 Å². The van der Waals surface area contributed by atoms with Crippen molar-refractivity contribution in [2.45, 2.75) is 45.4 Å². The van der Waals surface area contributed by atoms with E-state index in [0.717, 1.165) is 29.8 Å². The van der Waals surface area contributed by atoms with Gasteiger partial charge in [-0.3, -0.25) is 5.10 Å². The van der Waals surface area contributed by atoms with Crippen molar-refractivity contribution in [1.82, 2.24) is 14.5 Å². The molecule has 2 heterocycles. The molecule has 1 aromatic rings. The molecule has 6 heteroatoms. The molecule has 5 nitrogen and oxygen atoms in total. The summed E-state index contributed by atoms with van der Waals surface area (Å²) in [7, 11) is -3.17. The average Bonchev–Trinajstić information content (AvgIpc) is 2.51. The van der Waals surface area contributed by atoms with Crippen molar-refractivity contribution in [2.75, 3.05) is 6.54 Å². The zero-order chi connectivity index (χ0) is 12.6. The summed E-state index contributed by atoms with van der Waals surface area (Å²) < 4.78 is 25.9. The molecule has 1 aliphatic heterocycles. The Hall–Kier alpha value is -0.880. The summed E-state index contributed by atoms with van der Waals surface area (Å²) in [6.07, 6.45) is 1.72. The lowest BCUT2D eigenvalue weighted by molar-refractivity contribution is 0.404. The molecule has 0 saturated carbocycles. The highest BCUT2D eigenvalue weighted by molar-refractivity contribution is 7.89. The molecule has 0 aliphatic carbocycles. The predicted octanol–water partition coefficient (Wildman–Crippen LogP) is 1.20. The van der Waals surface area contributed by atoms with Crippen molar-refractivity contribution in [3.8, 4) is 0 Å². The molecular weight excluding hydrogens is 238 g/mol. The van der Waals surface area contributed by atoms with Crippen LogP contribution in [0.3, 0.4) is 0 Å². The maximum Gasteiger partial charge on any atom is 0.216 e. The summed E-state index contributed by atoms with van der Waals surface area (Å²) in [6.45, 7) is 6.42. The highest BCUT2D eigenvalue weighted by atomic mass is 32.2. The highest BCUT2D eigenvalue weighted by Crippen LogP contribution is 2.22. The average molecular weight is 257 g/mol. The second-order valence-corrected chi connectivity index (χ2v) is 7.29. The number of aromatic nitrogens is 2. The van der Waals surface area contributed by atoms with Gasteiger partial charge in [0, 0.05) is 24.3 Å². The number of aryl methyl sites for hydroxylation is 2. The lowest BCUT2D eigenvalue weighted by Gasteiger charge is -2.22. The number of hydrogen-bond donors (Lipinski definition) is 1. The van der Waals surface area contributed by atoms with E-state index in [9.17, 15) is 8.42 Å². The molecule has 0 atom stereocenters. The molecule has 0 aromatic carbocycles. The first kappa shape index (κ1) is 12.6. The Kier molecular flexibility index (Phi) is 3.27. The summed E-state index contributed by atoms with van der Waals surface area (Å²) in [4.78, 5) is 0. The van der Waals surface area contributed by atoms with Crippen LogP contribution in [0.25, 0.3) is 0 Å². The third-order valence-electron chi connectivity index (χ3n) is 3.28. The van der Waals surface area contributed by atoms with Crippen LogP contribution in [0.5, 0.6) is 0 Å². The minimum absolute atomic E-state index is 0.365. The Morgan fingerprint density at radius 1 is 1.41 bits per heavy atom. The maximum absolute atomic E-state index is 12.2. The van der Waals surface area contributed by atoms with Gasteiger partial charge in [-0.15, -0.1) is 0 Å². The fourth-order valence-corrected chi connectivity index (χ4v) is 3.41. The third kappa shape index (κ3) is 2.24. The van der Waals surface area contributed by atoms with Gasteiger partial charge in [0.25, 0.3) is 0 Å². The number of fused-ring (bicyclic) bond motifs is 1. The standard InChI is InChI=1S/C11H19N3O2S/c1-8(2)17(15,16)14-6-4-5-11-10(7-14)9(3)12-13-11/h8H,4-7H2,1-3H3,(H,12,13). The Labute approximate surface area is 102 Å². The number of H-pyrrole nitrogens is 1. The van der Waals surface area contributed by atoms with E-state index < -0.39 is 10.0 Å². The van der Waals surface area contributed by atoms with Crippen molar-refractivity contribution >= 4 is 10.0 Å². The molecule has 0 bridgehead atoms. The number of sulfonamides is 1. The summed E-state index contributed by atoms with van der Waals surface area (Å²) in [6, 6.07) is 0. The topological polar surface area (TPSA) is 66.1 Å². The van der Waals surface area contributed by atoms with Gasteiger partial charge >= 0.3 is 0 Å². The molecule has 0 spiro atoms. The van der Waals surface area contributed by atoms with Crippen LogP contribution in [-0.4, -0.2) is 34.7 Å². The first-order valence-corrected chi connectivity index (χ1v) is 7.45. The van der Waals surface area contributed by atoms with E-state index in [0.29, 0.717) is 13.1 Å². The van der Waals surface area contributed by atoms with Crippen molar-refractivity contribution in [3.05, 3.63) is 17.0 Å². The summed E-state index contributed by atoms with van der Waals surface area (Å²) in [5.74, 6) is 0. The van der Waals surface area contributed by atoms with Crippen LogP contribution in [0.4, 0.5) is 0 Å². The third-order valence-corrected chi connectivity index (χ3v) is 5.51. The normalized spacial score (nSPS) is 18.1. The molecular formula is C11H19N3O2S. The van der Waals surface area contributed by atoms with Crippen molar-refractivity contribution in [1.29, 1.82) is 0 Å². The van der Waals surface area contributed by atoms with Gasteiger partial charge in [-0.2, -0.15) is 9.40 Å². The number of nitrogens with one attached hydrogen (secondary N) is 1. The molecule has 1 aromatic heterocycles. The van der Waals surface area contributed by atoms with Crippen LogP contribution >= 0.6 is 0 Å².